The summed E-state index contributed by atoms with van der Waals surface area (Å²) in [6, 6.07) is 16.2. The number of rotatable bonds is 5. The minimum absolute atomic E-state index is 0.269. The molecule has 114 valence electrons. The normalized spacial score (nSPS) is 14.1. The van der Waals surface area contributed by atoms with Crippen LogP contribution < -0.4 is 14.9 Å². The van der Waals surface area contributed by atoms with E-state index in [1.807, 2.05) is 36.7 Å². The van der Waals surface area contributed by atoms with Gasteiger partial charge in [-0.05, 0) is 29.8 Å². The molecule has 0 aliphatic carbocycles. The van der Waals surface area contributed by atoms with Crippen molar-refractivity contribution in [1.82, 2.24) is 10.0 Å². The van der Waals surface area contributed by atoms with Crippen LogP contribution in [-0.2, 0) is 16.6 Å². The average Bonchev–Trinajstić information content (AvgIpc) is 3.09. The van der Waals surface area contributed by atoms with Gasteiger partial charge in [-0.1, -0.05) is 30.3 Å². The molecule has 0 saturated heterocycles. The number of nitrogens with zero attached hydrogens (tertiary/aromatic N) is 1. The summed E-state index contributed by atoms with van der Waals surface area (Å²) in [6.07, 6.45) is 3.86. The Kier molecular flexibility index (Phi) is 4.13. The van der Waals surface area contributed by atoms with E-state index in [1.54, 1.807) is 30.3 Å². The van der Waals surface area contributed by atoms with Gasteiger partial charge in [0.1, 0.15) is 0 Å². The first-order valence-electron chi connectivity index (χ1n) is 6.95. The van der Waals surface area contributed by atoms with E-state index in [0.717, 1.165) is 17.9 Å². The summed E-state index contributed by atoms with van der Waals surface area (Å²) in [5.74, 6) is 0. The number of sulfonamides is 1. The van der Waals surface area contributed by atoms with Gasteiger partial charge in [0.15, 0.2) is 0 Å². The van der Waals surface area contributed by atoms with Gasteiger partial charge in [-0.25, -0.2) is 13.1 Å². The molecule has 22 heavy (non-hydrogen) atoms. The molecule has 1 heterocycles. The van der Waals surface area contributed by atoms with E-state index in [0.29, 0.717) is 0 Å². The van der Waals surface area contributed by atoms with Crippen LogP contribution in [-0.4, -0.2) is 15.1 Å². The lowest BCUT2D eigenvalue weighted by molar-refractivity contribution is 0.581. The van der Waals surface area contributed by atoms with Gasteiger partial charge in [0, 0.05) is 24.6 Å². The van der Waals surface area contributed by atoms with E-state index >= 15 is 0 Å². The van der Waals surface area contributed by atoms with Gasteiger partial charge in [0.05, 0.1) is 11.6 Å². The molecule has 0 radical (unpaired) electrons. The highest BCUT2D eigenvalue weighted by Crippen LogP contribution is 2.17. The summed E-state index contributed by atoms with van der Waals surface area (Å²) in [5, 5.41) is 3.10. The van der Waals surface area contributed by atoms with E-state index in [1.165, 1.54) is 0 Å². The predicted octanol–water partition coefficient (Wildman–Crippen LogP) is 2.00. The third-order valence-corrected chi connectivity index (χ3v) is 4.84. The summed E-state index contributed by atoms with van der Waals surface area (Å²) in [6.45, 7) is 1.02. The van der Waals surface area contributed by atoms with Crippen molar-refractivity contribution in [2.45, 2.75) is 11.4 Å². The summed E-state index contributed by atoms with van der Waals surface area (Å²) in [5.41, 5.74) is 1.98. The topological polar surface area (TPSA) is 61.4 Å². The van der Waals surface area contributed by atoms with Crippen LogP contribution in [0.5, 0.6) is 0 Å². The Labute approximate surface area is 130 Å². The maximum absolute atomic E-state index is 12.1. The van der Waals surface area contributed by atoms with Gasteiger partial charge < -0.3 is 10.2 Å². The van der Waals surface area contributed by atoms with Crippen molar-refractivity contribution in [3.8, 4) is 0 Å². The van der Waals surface area contributed by atoms with E-state index in [2.05, 4.69) is 14.9 Å². The quantitative estimate of drug-likeness (QED) is 0.886. The molecule has 0 saturated carbocycles. The van der Waals surface area contributed by atoms with Crippen molar-refractivity contribution < 1.29 is 8.42 Å². The van der Waals surface area contributed by atoms with E-state index in [4.69, 9.17) is 0 Å². The predicted molar refractivity (Wildman–Crippen MR) is 86.5 cm³/mol. The Bertz CT molecular complexity index is 756. The molecule has 0 fully saturated rings. The van der Waals surface area contributed by atoms with Gasteiger partial charge in [-0.2, -0.15) is 0 Å². The van der Waals surface area contributed by atoms with Crippen LogP contribution in [0, 0.1) is 0 Å². The number of anilines is 1. The van der Waals surface area contributed by atoms with Gasteiger partial charge in [-0.15, -0.1) is 0 Å². The summed E-state index contributed by atoms with van der Waals surface area (Å²) >= 11 is 0. The number of hydrogen-bond acceptors (Lipinski definition) is 4. The van der Waals surface area contributed by atoms with Crippen LogP contribution in [0.15, 0.2) is 71.9 Å². The Hall–Kier alpha value is -2.31. The first kappa shape index (κ1) is 14.6. The fourth-order valence-electron chi connectivity index (χ4n) is 2.19. The second kappa shape index (κ2) is 6.21. The Balaban J connectivity index is 1.65. The molecule has 3 rings (SSSR count). The maximum atomic E-state index is 12.1. The van der Waals surface area contributed by atoms with Crippen LogP contribution in [0.1, 0.15) is 5.56 Å². The first-order chi connectivity index (χ1) is 10.6. The van der Waals surface area contributed by atoms with E-state index < -0.39 is 10.0 Å². The minimum Gasteiger partial charge on any atom is -0.372 e. The fourth-order valence-corrected chi connectivity index (χ4v) is 3.23. The van der Waals surface area contributed by atoms with Crippen molar-refractivity contribution in [3.63, 3.8) is 0 Å². The summed E-state index contributed by atoms with van der Waals surface area (Å²) in [7, 11) is -3.47. The van der Waals surface area contributed by atoms with Crippen LogP contribution in [0.3, 0.4) is 0 Å². The molecule has 0 bridgehead atoms. The lowest BCUT2D eigenvalue weighted by Crippen LogP contribution is -2.23. The van der Waals surface area contributed by atoms with Gasteiger partial charge in [0.25, 0.3) is 0 Å². The standard InChI is InChI=1S/C16H17N3O2S/c20-22(21,16-4-2-1-3-5-16)18-12-14-6-8-15(9-7-14)19-11-10-17-13-19/h1-11,17-18H,12-13H2. The van der Waals surface area contributed by atoms with Gasteiger partial charge in [0.2, 0.25) is 10.0 Å². The molecule has 2 aromatic rings. The van der Waals surface area contributed by atoms with E-state index in [-0.39, 0.29) is 11.4 Å². The van der Waals surface area contributed by atoms with Crippen molar-refractivity contribution in [3.05, 3.63) is 72.6 Å². The van der Waals surface area contributed by atoms with Crippen molar-refractivity contribution in [2.24, 2.45) is 0 Å². The molecule has 1 aliphatic rings. The second-order valence-electron chi connectivity index (χ2n) is 4.95. The largest absolute Gasteiger partial charge is 0.372 e. The van der Waals surface area contributed by atoms with Crippen LogP contribution in [0.2, 0.25) is 0 Å². The molecule has 0 aromatic heterocycles. The molecular formula is C16H17N3O2S. The SMILES string of the molecule is O=S(=O)(NCc1ccc(N2C=CNC2)cc1)c1ccccc1. The minimum atomic E-state index is -3.47. The average molecular weight is 315 g/mol. The third-order valence-electron chi connectivity index (χ3n) is 3.42. The zero-order valence-electron chi connectivity index (χ0n) is 11.9. The van der Waals surface area contributed by atoms with Gasteiger partial charge in [-0.3, -0.25) is 0 Å². The molecule has 6 heteroatoms. The first-order valence-corrected chi connectivity index (χ1v) is 8.44. The summed E-state index contributed by atoms with van der Waals surface area (Å²) in [4.78, 5) is 2.35. The fraction of sp³-hybridized carbons (Fsp3) is 0.125. The van der Waals surface area contributed by atoms with E-state index in [9.17, 15) is 8.42 Å². The highest BCUT2D eigenvalue weighted by atomic mass is 32.2. The molecule has 0 spiro atoms. The van der Waals surface area contributed by atoms with Crippen LogP contribution in [0.4, 0.5) is 5.69 Å². The van der Waals surface area contributed by atoms with Crippen molar-refractivity contribution in [2.75, 3.05) is 11.6 Å². The molecule has 0 atom stereocenters. The van der Waals surface area contributed by atoms with Crippen molar-refractivity contribution >= 4 is 15.7 Å². The number of benzene rings is 2. The molecule has 1 aliphatic heterocycles. The molecule has 0 amide bonds. The molecular weight excluding hydrogens is 298 g/mol. The zero-order valence-corrected chi connectivity index (χ0v) is 12.8. The van der Waals surface area contributed by atoms with Gasteiger partial charge >= 0.3 is 0 Å². The molecule has 2 N–H and O–H groups in total. The Morgan fingerprint density at radius 2 is 1.77 bits per heavy atom. The highest BCUT2D eigenvalue weighted by Gasteiger charge is 2.13. The number of nitrogens with one attached hydrogen (secondary N) is 2. The smallest absolute Gasteiger partial charge is 0.240 e. The monoisotopic (exact) mass is 315 g/mol. The van der Waals surface area contributed by atoms with Crippen molar-refractivity contribution in [1.29, 1.82) is 0 Å². The number of hydrogen-bond donors (Lipinski definition) is 2. The maximum Gasteiger partial charge on any atom is 0.240 e. The Morgan fingerprint density at radius 1 is 1.05 bits per heavy atom. The third kappa shape index (κ3) is 3.29. The Morgan fingerprint density at radius 3 is 2.41 bits per heavy atom. The second-order valence-corrected chi connectivity index (χ2v) is 6.72. The molecule has 5 nitrogen and oxygen atoms in total. The lowest BCUT2D eigenvalue weighted by Gasteiger charge is -2.15. The van der Waals surface area contributed by atoms with Crippen LogP contribution in [0.25, 0.3) is 0 Å². The van der Waals surface area contributed by atoms with Crippen LogP contribution >= 0.6 is 0 Å². The molecule has 0 unspecified atom stereocenters. The lowest BCUT2D eigenvalue weighted by atomic mass is 10.2. The zero-order chi connectivity index (χ0) is 15.4. The molecule has 2 aromatic carbocycles. The summed E-state index contributed by atoms with van der Waals surface area (Å²) < 4.78 is 26.9. The highest BCUT2D eigenvalue weighted by molar-refractivity contribution is 7.89.